The van der Waals surface area contributed by atoms with Crippen molar-refractivity contribution < 1.29 is 4.79 Å². The van der Waals surface area contributed by atoms with Crippen molar-refractivity contribution in [2.75, 3.05) is 11.1 Å². The van der Waals surface area contributed by atoms with E-state index in [-0.39, 0.29) is 5.91 Å². The van der Waals surface area contributed by atoms with E-state index in [0.717, 1.165) is 39.4 Å². The number of benzene rings is 4. The molecule has 1 aromatic heterocycles. The molecule has 0 unspecified atom stereocenters. The third kappa shape index (κ3) is 3.83. The highest BCUT2D eigenvalue weighted by atomic mass is 35.5. The summed E-state index contributed by atoms with van der Waals surface area (Å²) in [6, 6.07) is 26.4. The topological polar surface area (TPSA) is 94.8 Å². The molecule has 34 heavy (non-hydrogen) atoms. The van der Waals surface area contributed by atoms with Crippen LogP contribution in [0.15, 0.2) is 91.1 Å². The second-order valence-electron chi connectivity index (χ2n) is 7.90. The number of nitrogens with two attached hydrogens (primary N) is 1. The molecule has 5 aromatic rings. The molecule has 4 aromatic carbocycles. The summed E-state index contributed by atoms with van der Waals surface area (Å²) in [4.78, 5) is 16.7. The van der Waals surface area contributed by atoms with Crippen molar-refractivity contribution in [3.8, 4) is 22.3 Å². The lowest BCUT2D eigenvalue weighted by molar-refractivity contribution is 0.102. The summed E-state index contributed by atoms with van der Waals surface area (Å²) in [7, 11) is 0. The fourth-order valence-corrected chi connectivity index (χ4v) is 4.46. The molecule has 1 heterocycles. The zero-order valence-electron chi connectivity index (χ0n) is 18.1. The van der Waals surface area contributed by atoms with Gasteiger partial charge in [0.25, 0.3) is 5.91 Å². The van der Waals surface area contributed by atoms with Gasteiger partial charge in [-0.2, -0.15) is 0 Å². The number of carbonyl (C=O) groups is 1. The first kappa shape index (κ1) is 21.5. The molecular weight excluding hydrogens is 444 g/mol. The van der Waals surface area contributed by atoms with Crippen molar-refractivity contribution in [2.24, 2.45) is 0 Å². The molecule has 6 heteroatoms. The number of aromatic nitrogens is 1. The second-order valence-corrected chi connectivity index (χ2v) is 8.30. The van der Waals surface area contributed by atoms with Gasteiger partial charge < -0.3 is 21.4 Å². The maximum Gasteiger partial charge on any atom is 0.256 e. The lowest BCUT2D eigenvalue weighted by atomic mass is 9.97. The van der Waals surface area contributed by atoms with Crippen LogP contribution in [0.4, 0.5) is 11.4 Å². The van der Waals surface area contributed by atoms with Crippen molar-refractivity contribution in [2.45, 2.75) is 0 Å². The second kappa shape index (κ2) is 8.89. The number of fused-ring (bicyclic) bond motifs is 1. The predicted molar refractivity (Wildman–Crippen MR) is 141 cm³/mol. The van der Waals surface area contributed by atoms with E-state index in [4.69, 9.17) is 22.7 Å². The smallest absolute Gasteiger partial charge is 0.256 e. The number of anilines is 2. The van der Waals surface area contributed by atoms with Gasteiger partial charge in [0.05, 0.1) is 5.69 Å². The van der Waals surface area contributed by atoms with E-state index in [2.05, 4.69) is 10.3 Å². The Morgan fingerprint density at radius 1 is 0.912 bits per heavy atom. The van der Waals surface area contributed by atoms with Crippen LogP contribution >= 0.6 is 11.6 Å². The van der Waals surface area contributed by atoms with E-state index in [9.17, 15) is 4.79 Å². The van der Waals surface area contributed by atoms with E-state index in [1.807, 2.05) is 79.0 Å². The molecule has 5 nitrogen and oxygen atoms in total. The van der Waals surface area contributed by atoms with Crippen molar-refractivity contribution in [3.05, 3.63) is 107 Å². The van der Waals surface area contributed by atoms with E-state index in [1.54, 1.807) is 12.1 Å². The van der Waals surface area contributed by atoms with Crippen LogP contribution in [0.25, 0.3) is 33.2 Å². The highest BCUT2D eigenvalue weighted by molar-refractivity contribution is 6.33. The molecule has 5 N–H and O–H groups in total. The van der Waals surface area contributed by atoms with Crippen LogP contribution in [-0.2, 0) is 0 Å². The van der Waals surface area contributed by atoms with Gasteiger partial charge in [0.15, 0.2) is 0 Å². The fraction of sp³-hybridized carbons (Fsp3) is 0. The summed E-state index contributed by atoms with van der Waals surface area (Å²) in [6.07, 6.45) is 3.05. The Kier molecular flexibility index (Phi) is 5.62. The van der Waals surface area contributed by atoms with Crippen molar-refractivity contribution >= 4 is 46.0 Å². The third-order valence-electron chi connectivity index (χ3n) is 5.85. The number of hydrogen-bond acceptors (Lipinski definition) is 3. The lowest BCUT2D eigenvalue weighted by Crippen LogP contribution is -2.15. The molecule has 0 atom stereocenters. The first-order valence-corrected chi connectivity index (χ1v) is 11.1. The van der Waals surface area contributed by atoms with Gasteiger partial charge in [0, 0.05) is 50.7 Å². The minimum atomic E-state index is -0.310. The number of carbonyl (C=O) groups excluding carboxylic acids is 1. The number of amides is 1. The normalized spacial score (nSPS) is 10.9. The molecular formula is C28H21ClN4O. The summed E-state index contributed by atoms with van der Waals surface area (Å²) >= 11 is 6.41. The van der Waals surface area contributed by atoms with Gasteiger partial charge in [0.1, 0.15) is 0 Å². The van der Waals surface area contributed by atoms with Crippen LogP contribution in [0.2, 0.25) is 5.02 Å². The molecule has 0 saturated carbocycles. The first-order chi connectivity index (χ1) is 16.6. The first-order valence-electron chi connectivity index (χ1n) is 10.7. The van der Waals surface area contributed by atoms with Gasteiger partial charge in [-0.3, -0.25) is 4.79 Å². The van der Waals surface area contributed by atoms with E-state index < -0.39 is 0 Å². The SMILES string of the molecule is N=Cc1c(N)cc(-c2cccc3[nH]ccc23)cc1NC(=O)c1ccccc1-c1ccccc1Cl. The molecule has 0 radical (unpaired) electrons. The molecule has 0 aliphatic rings. The standard InChI is InChI=1S/C28H21ClN4O/c29-24-10-4-3-7-20(24)19-6-1-2-8-22(19)28(34)33-27-15-17(14-25(31)23(27)16-30)18-9-5-11-26-21(18)12-13-32-26/h1-16,30,32H,31H2,(H,33,34). The Hall–Kier alpha value is -4.35. The number of halogens is 1. The van der Waals surface area contributed by atoms with Gasteiger partial charge in [-0.1, -0.05) is 60.1 Å². The highest BCUT2D eigenvalue weighted by Crippen LogP contribution is 2.35. The maximum absolute atomic E-state index is 13.4. The van der Waals surface area contributed by atoms with Crippen molar-refractivity contribution in [1.82, 2.24) is 4.98 Å². The Balaban J connectivity index is 1.58. The number of H-pyrrole nitrogens is 1. The minimum absolute atomic E-state index is 0.310. The lowest BCUT2D eigenvalue weighted by Gasteiger charge is -2.16. The van der Waals surface area contributed by atoms with Crippen molar-refractivity contribution in [1.29, 1.82) is 5.41 Å². The molecule has 166 valence electrons. The predicted octanol–water partition coefficient (Wildman–Crippen LogP) is 6.99. The number of aromatic amines is 1. The summed E-state index contributed by atoms with van der Waals surface area (Å²) in [5.41, 5.74) is 12.5. The maximum atomic E-state index is 13.4. The zero-order chi connectivity index (χ0) is 23.7. The zero-order valence-corrected chi connectivity index (χ0v) is 18.9. The van der Waals surface area contributed by atoms with E-state index >= 15 is 0 Å². The molecule has 0 aliphatic carbocycles. The molecule has 5 rings (SSSR count). The van der Waals surface area contributed by atoms with Crippen LogP contribution in [0.3, 0.4) is 0 Å². The molecule has 0 fully saturated rings. The van der Waals surface area contributed by atoms with Gasteiger partial charge in [-0.15, -0.1) is 0 Å². The Morgan fingerprint density at radius 2 is 1.65 bits per heavy atom. The molecule has 0 saturated heterocycles. The number of nitrogens with one attached hydrogen (secondary N) is 3. The molecule has 0 aliphatic heterocycles. The number of rotatable bonds is 5. The van der Waals surface area contributed by atoms with Crippen LogP contribution in [0.1, 0.15) is 15.9 Å². The summed E-state index contributed by atoms with van der Waals surface area (Å²) in [5.74, 6) is -0.310. The van der Waals surface area contributed by atoms with Crippen LogP contribution in [0, 0.1) is 5.41 Å². The Morgan fingerprint density at radius 3 is 2.44 bits per heavy atom. The van der Waals surface area contributed by atoms with Crippen LogP contribution < -0.4 is 11.1 Å². The summed E-state index contributed by atoms with van der Waals surface area (Å²) in [6.45, 7) is 0. The fourth-order valence-electron chi connectivity index (χ4n) is 4.22. The third-order valence-corrected chi connectivity index (χ3v) is 6.18. The summed E-state index contributed by atoms with van der Waals surface area (Å²) < 4.78 is 0. The average Bonchev–Trinajstić information content (AvgIpc) is 3.33. The number of nitrogen functional groups attached to an aromatic ring is 1. The van der Waals surface area contributed by atoms with E-state index in [1.165, 1.54) is 0 Å². The summed E-state index contributed by atoms with van der Waals surface area (Å²) in [5, 5.41) is 12.5. The molecule has 0 spiro atoms. The van der Waals surface area contributed by atoms with Crippen LogP contribution in [-0.4, -0.2) is 17.1 Å². The van der Waals surface area contributed by atoms with Crippen LogP contribution in [0.5, 0.6) is 0 Å². The quantitative estimate of drug-likeness (QED) is 0.167. The monoisotopic (exact) mass is 464 g/mol. The Bertz CT molecular complexity index is 1550. The average molecular weight is 465 g/mol. The molecule has 1 amide bonds. The van der Waals surface area contributed by atoms with E-state index in [0.29, 0.717) is 27.5 Å². The highest BCUT2D eigenvalue weighted by Gasteiger charge is 2.17. The minimum Gasteiger partial charge on any atom is -0.398 e. The Labute approximate surface area is 201 Å². The van der Waals surface area contributed by atoms with Gasteiger partial charge in [-0.05, 0) is 53.1 Å². The van der Waals surface area contributed by atoms with Gasteiger partial charge in [0.2, 0.25) is 0 Å². The number of hydrogen-bond donors (Lipinski definition) is 4. The van der Waals surface area contributed by atoms with Gasteiger partial charge in [-0.25, -0.2) is 0 Å². The van der Waals surface area contributed by atoms with Crippen molar-refractivity contribution in [3.63, 3.8) is 0 Å². The van der Waals surface area contributed by atoms with Gasteiger partial charge >= 0.3 is 0 Å². The molecule has 0 bridgehead atoms. The largest absolute Gasteiger partial charge is 0.398 e.